The lowest BCUT2D eigenvalue weighted by molar-refractivity contribution is -0.131. The van der Waals surface area contributed by atoms with E-state index in [2.05, 4.69) is 10.3 Å². The maximum atomic E-state index is 12.0. The zero-order chi connectivity index (χ0) is 14.5. The van der Waals surface area contributed by atoms with Gasteiger partial charge in [0.2, 0.25) is 0 Å². The lowest BCUT2D eigenvalue weighted by atomic mass is 10.3. The molecule has 0 unspecified atom stereocenters. The number of thiophene rings is 1. The van der Waals surface area contributed by atoms with E-state index in [-0.39, 0.29) is 5.91 Å². The van der Waals surface area contributed by atoms with Crippen molar-refractivity contribution in [3.05, 3.63) is 52.0 Å². The fourth-order valence-electron chi connectivity index (χ4n) is 1.53. The predicted octanol–water partition coefficient (Wildman–Crippen LogP) is 2.80. The van der Waals surface area contributed by atoms with Crippen molar-refractivity contribution in [3.8, 4) is 0 Å². The van der Waals surface area contributed by atoms with Crippen LogP contribution in [0.3, 0.4) is 0 Å². The van der Waals surface area contributed by atoms with Gasteiger partial charge in [0.15, 0.2) is 0 Å². The molecule has 0 aliphatic heterocycles. The van der Waals surface area contributed by atoms with Crippen LogP contribution in [0.15, 0.2) is 36.5 Å². The second kappa shape index (κ2) is 6.12. The average molecular weight is 288 g/mol. The first-order valence-electron chi connectivity index (χ1n) is 5.79. The molecule has 2 heterocycles. The van der Waals surface area contributed by atoms with Gasteiger partial charge in [-0.1, -0.05) is 0 Å². The highest BCUT2D eigenvalue weighted by Gasteiger charge is 2.09. The molecular formula is C14H12N2O3S. The van der Waals surface area contributed by atoms with Gasteiger partial charge in [-0.05, 0) is 37.3 Å². The van der Waals surface area contributed by atoms with Crippen LogP contribution < -0.4 is 5.32 Å². The van der Waals surface area contributed by atoms with Crippen molar-refractivity contribution < 1.29 is 14.7 Å². The normalized spacial score (nSPS) is 10.7. The van der Waals surface area contributed by atoms with Crippen LogP contribution in [0.5, 0.6) is 0 Å². The van der Waals surface area contributed by atoms with E-state index in [1.807, 2.05) is 6.92 Å². The Morgan fingerprint density at radius 1 is 1.35 bits per heavy atom. The van der Waals surface area contributed by atoms with Crippen LogP contribution in [0, 0.1) is 6.92 Å². The summed E-state index contributed by atoms with van der Waals surface area (Å²) in [6.07, 6.45) is 4.13. The zero-order valence-electron chi connectivity index (χ0n) is 10.7. The summed E-state index contributed by atoms with van der Waals surface area (Å²) in [6, 6.07) is 6.85. The van der Waals surface area contributed by atoms with Crippen molar-refractivity contribution in [2.75, 3.05) is 5.32 Å². The van der Waals surface area contributed by atoms with Crippen molar-refractivity contribution in [2.45, 2.75) is 6.92 Å². The molecule has 2 N–H and O–H groups in total. The van der Waals surface area contributed by atoms with Crippen molar-refractivity contribution in [1.82, 2.24) is 4.98 Å². The number of carbonyl (C=O) groups is 2. The minimum absolute atomic E-state index is 0.226. The van der Waals surface area contributed by atoms with Crippen molar-refractivity contribution in [3.63, 3.8) is 0 Å². The first-order valence-corrected chi connectivity index (χ1v) is 6.61. The summed E-state index contributed by atoms with van der Waals surface area (Å²) >= 11 is 1.23. The second-order valence-corrected chi connectivity index (χ2v) is 5.13. The Morgan fingerprint density at radius 2 is 2.15 bits per heavy atom. The topological polar surface area (TPSA) is 79.3 Å². The second-order valence-electron chi connectivity index (χ2n) is 4.01. The minimum atomic E-state index is -1.02. The maximum absolute atomic E-state index is 12.0. The molecular weight excluding hydrogens is 276 g/mol. The fourth-order valence-corrected chi connectivity index (χ4v) is 2.34. The van der Waals surface area contributed by atoms with E-state index >= 15 is 0 Å². The number of nitrogens with zero attached hydrogens (tertiary/aromatic N) is 1. The monoisotopic (exact) mass is 288 g/mol. The van der Waals surface area contributed by atoms with Gasteiger partial charge in [0.05, 0.1) is 4.88 Å². The molecule has 0 atom stereocenters. The largest absolute Gasteiger partial charge is 0.478 e. The van der Waals surface area contributed by atoms with Gasteiger partial charge in [0.25, 0.3) is 5.91 Å². The Hall–Kier alpha value is -2.47. The van der Waals surface area contributed by atoms with Crippen LogP contribution in [0.4, 0.5) is 5.69 Å². The molecule has 2 rings (SSSR count). The van der Waals surface area contributed by atoms with Gasteiger partial charge in [-0.15, -0.1) is 11.3 Å². The van der Waals surface area contributed by atoms with Crippen LogP contribution in [0.2, 0.25) is 0 Å². The Bertz CT molecular complexity index is 677. The lowest BCUT2D eigenvalue weighted by Gasteiger charge is -2.03. The Kier molecular flexibility index (Phi) is 4.27. The maximum Gasteiger partial charge on any atom is 0.328 e. The van der Waals surface area contributed by atoms with Crippen molar-refractivity contribution in [2.24, 2.45) is 0 Å². The number of aliphatic carboxylic acids is 1. The molecule has 2 aromatic heterocycles. The van der Waals surface area contributed by atoms with E-state index in [9.17, 15) is 9.59 Å². The van der Waals surface area contributed by atoms with Gasteiger partial charge in [0.1, 0.15) is 0 Å². The molecule has 0 saturated heterocycles. The molecule has 0 bridgehead atoms. The van der Waals surface area contributed by atoms with E-state index in [1.165, 1.54) is 17.4 Å². The highest BCUT2D eigenvalue weighted by molar-refractivity contribution is 7.15. The molecule has 0 fully saturated rings. The Balaban J connectivity index is 2.08. The van der Waals surface area contributed by atoms with Gasteiger partial charge in [0, 0.05) is 28.5 Å². The summed E-state index contributed by atoms with van der Waals surface area (Å²) in [7, 11) is 0. The van der Waals surface area contributed by atoms with Crippen LogP contribution in [-0.2, 0) is 4.79 Å². The Labute approximate surface area is 119 Å². The summed E-state index contributed by atoms with van der Waals surface area (Å²) in [5.74, 6) is -1.24. The number of aromatic nitrogens is 1. The summed E-state index contributed by atoms with van der Waals surface area (Å²) < 4.78 is 0. The quantitative estimate of drug-likeness (QED) is 0.848. The number of carboxylic acids is 1. The van der Waals surface area contributed by atoms with E-state index in [0.29, 0.717) is 15.4 Å². The summed E-state index contributed by atoms with van der Waals surface area (Å²) in [6.45, 7) is 1.84. The van der Waals surface area contributed by atoms with Crippen LogP contribution in [-0.4, -0.2) is 22.0 Å². The van der Waals surface area contributed by atoms with Crippen LogP contribution >= 0.6 is 11.3 Å². The van der Waals surface area contributed by atoms with Crippen molar-refractivity contribution >= 4 is 35.0 Å². The van der Waals surface area contributed by atoms with Gasteiger partial charge in [-0.25, -0.2) is 4.79 Å². The standard InChI is InChI=1S/C14H12N2O3S/c1-9-8-10(6-7-15-9)16-14(19)12-4-2-11(20-12)3-5-13(17)18/h2-8H,1H3,(H,17,18)(H,15,16,19). The number of carbonyl (C=O) groups excluding carboxylic acids is 1. The van der Waals surface area contributed by atoms with E-state index in [4.69, 9.17) is 5.11 Å². The predicted molar refractivity (Wildman–Crippen MR) is 77.9 cm³/mol. The fraction of sp³-hybridized carbons (Fsp3) is 0.0714. The summed E-state index contributed by atoms with van der Waals surface area (Å²) in [4.78, 5) is 27.7. The number of anilines is 1. The molecule has 0 aromatic carbocycles. The molecule has 0 aliphatic carbocycles. The first kappa shape index (κ1) is 14.0. The highest BCUT2D eigenvalue weighted by atomic mass is 32.1. The van der Waals surface area contributed by atoms with E-state index in [0.717, 1.165) is 11.8 Å². The lowest BCUT2D eigenvalue weighted by Crippen LogP contribution is -2.10. The number of carboxylic acid groups (broad SMARTS) is 1. The number of rotatable bonds is 4. The van der Waals surface area contributed by atoms with E-state index in [1.54, 1.807) is 30.5 Å². The number of hydrogen-bond acceptors (Lipinski definition) is 4. The molecule has 1 amide bonds. The minimum Gasteiger partial charge on any atom is -0.478 e. The summed E-state index contributed by atoms with van der Waals surface area (Å²) in [5.41, 5.74) is 1.50. The molecule has 20 heavy (non-hydrogen) atoms. The Morgan fingerprint density at radius 3 is 2.85 bits per heavy atom. The van der Waals surface area contributed by atoms with Gasteiger partial charge >= 0.3 is 5.97 Å². The number of hydrogen-bond donors (Lipinski definition) is 2. The zero-order valence-corrected chi connectivity index (χ0v) is 11.5. The van der Waals surface area contributed by atoms with E-state index < -0.39 is 5.97 Å². The third kappa shape index (κ3) is 3.76. The smallest absolute Gasteiger partial charge is 0.328 e. The molecule has 5 nitrogen and oxygen atoms in total. The molecule has 0 radical (unpaired) electrons. The SMILES string of the molecule is Cc1cc(NC(=O)c2ccc(C=CC(=O)O)s2)ccn1. The molecule has 0 saturated carbocycles. The number of aryl methyl sites for hydroxylation is 1. The number of pyridine rings is 1. The molecule has 6 heteroatoms. The third-order valence-corrected chi connectivity index (χ3v) is 3.44. The van der Waals surface area contributed by atoms with Crippen LogP contribution in [0.1, 0.15) is 20.2 Å². The van der Waals surface area contributed by atoms with Gasteiger partial charge in [-0.3, -0.25) is 9.78 Å². The molecule has 0 aliphatic rings. The third-order valence-electron chi connectivity index (χ3n) is 2.40. The average Bonchev–Trinajstić information content (AvgIpc) is 2.85. The summed E-state index contributed by atoms with van der Waals surface area (Å²) in [5, 5.41) is 11.3. The molecule has 0 spiro atoms. The number of nitrogens with one attached hydrogen (secondary N) is 1. The van der Waals surface area contributed by atoms with Gasteiger partial charge in [-0.2, -0.15) is 0 Å². The highest BCUT2D eigenvalue weighted by Crippen LogP contribution is 2.19. The van der Waals surface area contributed by atoms with Crippen LogP contribution in [0.25, 0.3) is 6.08 Å². The first-order chi connectivity index (χ1) is 9.54. The van der Waals surface area contributed by atoms with Gasteiger partial charge < -0.3 is 10.4 Å². The molecule has 102 valence electrons. The number of amides is 1. The van der Waals surface area contributed by atoms with Crippen molar-refractivity contribution in [1.29, 1.82) is 0 Å². The molecule has 2 aromatic rings.